The Hall–Kier alpha value is -4.40. The van der Waals surface area contributed by atoms with Gasteiger partial charge in [0, 0.05) is 23.1 Å². The van der Waals surface area contributed by atoms with E-state index in [1.54, 1.807) is 13.1 Å². The Morgan fingerprint density at radius 3 is 2.55 bits per heavy atom. The van der Waals surface area contributed by atoms with Gasteiger partial charge < -0.3 is 30.1 Å². The molecule has 1 aromatic heterocycles. The first-order valence-corrected chi connectivity index (χ1v) is 19.2. The normalized spacial score (nSPS) is 30.5. The maximum atomic E-state index is 14.4. The van der Waals surface area contributed by atoms with Crippen LogP contribution in [0.5, 0.6) is 11.6 Å². The van der Waals surface area contributed by atoms with Crippen LogP contribution in [0, 0.1) is 17.8 Å². The molecule has 3 fully saturated rings. The summed E-state index contributed by atoms with van der Waals surface area (Å²) in [5.74, 6) is -1.95. The lowest BCUT2D eigenvalue weighted by Crippen LogP contribution is -2.59. The summed E-state index contributed by atoms with van der Waals surface area (Å²) in [6, 6.07) is 5.10. The van der Waals surface area contributed by atoms with Gasteiger partial charge in [-0.1, -0.05) is 44.2 Å². The van der Waals surface area contributed by atoms with Gasteiger partial charge in [-0.05, 0) is 70.3 Å². The summed E-state index contributed by atoms with van der Waals surface area (Å²) in [6.07, 6.45) is 6.24. The fraction of sp³-hybridized carbons (Fsp3) is 0.583. The van der Waals surface area contributed by atoms with Crippen LogP contribution in [0.2, 0.25) is 0 Å². The number of aromatic nitrogens is 1. The number of pyridine rings is 1. The molecule has 3 heterocycles. The number of carboxylic acid groups (broad SMARTS) is 1. The van der Waals surface area contributed by atoms with Gasteiger partial charge in [-0.15, -0.1) is 0 Å². The fourth-order valence-corrected chi connectivity index (χ4v) is 8.71. The Kier molecular flexibility index (Phi) is 9.96. The van der Waals surface area contributed by atoms with E-state index in [2.05, 4.69) is 20.3 Å². The number of ether oxygens (including phenoxy) is 2. The number of hydrogen-bond donors (Lipinski definition) is 4. The van der Waals surface area contributed by atoms with Gasteiger partial charge in [-0.3, -0.25) is 19.1 Å². The van der Waals surface area contributed by atoms with Gasteiger partial charge in [0.1, 0.15) is 29.5 Å². The first-order chi connectivity index (χ1) is 24.2. The molecule has 0 unspecified atom stereocenters. The summed E-state index contributed by atoms with van der Waals surface area (Å²) >= 11 is 0. The van der Waals surface area contributed by atoms with Crippen molar-refractivity contribution in [3.8, 4) is 11.6 Å². The van der Waals surface area contributed by atoms with Gasteiger partial charge in [-0.2, -0.15) is 0 Å². The van der Waals surface area contributed by atoms with Crippen molar-refractivity contribution in [1.82, 2.24) is 25.2 Å². The maximum absolute atomic E-state index is 14.4. The molecule has 0 radical (unpaired) electrons. The lowest BCUT2D eigenvalue weighted by molar-refractivity contribution is -0.142. The largest absolute Gasteiger partial charge is 0.492 e. The molecular weight excluding hydrogens is 678 g/mol. The molecule has 1 saturated heterocycles. The van der Waals surface area contributed by atoms with Crippen molar-refractivity contribution in [3.05, 3.63) is 42.6 Å². The number of carbonyl (C=O) groups excluding carboxylic acids is 3. The van der Waals surface area contributed by atoms with Gasteiger partial charge in [0.25, 0.3) is 5.91 Å². The minimum Gasteiger partial charge on any atom is -0.492 e. The first kappa shape index (κ1) is 36.4. The molecule has 1 aromatic carbocycles. The Morgan fingerprint density at radius 1 is 1.14 bits per heavy atom. The topological polar surface area (TPSA) is 193 Å². The van der Waals surface area contributed by atoms with Crippen molar-refractivity contribution >= 4 is 44.6 Å². The van der Waals surface area contributed by atoms with Crippen molar-refractivity contribution in [2.75, 3.05) is 13.2 Å². The van der Waals surface area contributed by atoms with Gasteiger partial charge in [0.2, 0.25) is 27.7 Å². The molecule has 6 rings (SSSR count). The molecule has 2 aliphatic heterocycles. The maximum Gasteiger partial charge on any atom is 0.405 e. The summed E-state index contributed by atoms with van der Waals surface area (Å²) in [6.45, 7) is 7.67. The number of rotatable bonds is 8. The molecule has 4 aliphatic rings. The number of sulfonamides is 1. The molecule has 2 aromatic rings. The predicted octanol–water partition coefficient (Wildman–Crippen LogP) is 3.50. The van der Waals surface area contributed by atoms with Crippen LogP contribution in [0.3, 0.4) is 0 Å². The van der Waals surface area contributed by atoms with E-state index in [4.69, 9.17) is 9.47 Å². The van der Waals surface area contributed by atoms with Gasteiger partial charge in [0.05, 0.1) is 24.1 Å². The molecule has 2 aliphatic carbocycles. The second-order valence-electron chi connectivity index (χ2n) is 14.8. The van der Waals surface area contributed by atoms with Gasteiger partial charge in [-0.25, -0.2) is 18.2 Å². The molecule has 4 N–H and O–H groups in total. The number of fused-ring (bicyclic) bond motifs is 3. The Balaban J connectivity index is 1.34. The second kappa shape index (κ2) is 14.0. The smallest absolute Gasteiger partial charge is 0.405 e. The standard InChI is InChI=1S/C36H47N5O9S/c1-5-49-28-19-37-31(26-13-9-8-12-25(26)28)50-24-17-27-30(42)39-36(33(44)40-51(47,48)35(4)14-15-35)18-23(36)11-7-6-10-21(2)16-22(3)29(38-34(45)46)32(43)41(27)20-24/h7-9,11-13,19,21-24,27,29,38H,5-6,10,14-18,20H2,1-4H3,(H,39,42)(H,40,44)(H,45,46)/t21-,22-,23-,24-,27+,29+,36-/m1/s1. The highest BCUT2D eigenvalue weighted by Crippen LogP contribution is 2.47. The van der Waals surface area contributed by atoms with E-state index >= 15 is 0 Å². The number of amides is 4. The predicted molar refractivity (Wildman–Crippen MR) is 187 cm³/mol. The van der Waals surface area contributed by atoms with Crippen LogP contribution in [-0.4, -0.2) is 88.8 Å². The van der Waals surface area contributed by atoms with E-state index in [9.17, 15) is 32.7 Å². The molecule has 14 nitrogen and oxygen atoms in total. The molecule has 7 atom stereocenters. The zero-order valence-corrected chi connectivity index (χ0v) is 30.2. The molecule has 4 amide bonds. The van der Waals surface area contributed by atoms with E-state index in [0.29, 0.717) is 43.4 Å². The monoisotopic (exact) mass is 725 g/mol. The second-order valence-corrected chi connectivity index (χ2v) is 17.0. The number of allylic oxidation sites excluding steroid dienone is 1. The van der Waals surface area contributed by atoms with E-state index in [0.717, 1.165) is 11.8 Å². The molecule has 276 valence electrons. The minimum atomic E-state index is -4.00. The number of hydrogen-bond acceptors (Lipinski definition) is 9. The Bertz CT molecular complexity index is 1850. The zero-order chi connectivity index (χ0) is 36.7. The zero-order valence-electron chi connectivity index (χ0n) is 29.4. The van der Waals surface area contributed by atoms with Gasteiger partial charge in [0.15, 0.2) is 0 Å². The van der Waals surface area contributed by atoms with E-state index < -0.39 is 74.1 Å². The van der Waals surface area contributed by atoms with Crippen LogP contribution in [0.1, 0.15) is 72.6 Å². The third-order valence-corrected chi connectivity index (χ3v) is 13.0. The average molecular weight is 726 g/mol. The number of carbonyl (C=O) groups is 4. The third kappa shape index (κ3) is 7.35. The highest BCUT2D eigenvalue weighted by atomic mass is 32.2. The van der Waals surface area contributed by atoms with Crippen molar-refractivity contribution < 1.29 is 42.2 Å². The van der Waals surface area contributed by atoms with Crippen LogP contribution in [0.25, 0.3) is 10.8 Å². The molecule has 0 bridgehead atoms. The Labute approximate surface area is 297 Å². The summed E-state index contributed by atoms with van der Waals surface area (Å²) in [4.78, 5) is 60.2. The van der Waals surface area contributed by atoms with E-state index in [-0.39, 0.29) is 31.2 Å². The fourth-order valence-electron chi connectivity index (χ4n) is 7.39. The summed E-state index contributed by atoms with van der Waals surface area (Å²) in [5, 5.41) is 16.5. The van der Waals surface area contributed by atoms with Crippen LogP contribution in [-0.2, 0) is 24.4 Å². The molecule has 0 spiro atoms. The van der Waals surface area contributed by atoms with Crippen molar-refractivity contribution in [1.29, 1.82) is 0 Å². The number of nitrogens with one attached hydrogen (secondary N) is 3. The summed E-state index contributed by atoms with van der Waals surface area (Å²) in [5.41, 5.74) is -1.54. The van der Waals surface area contributed by atoms with Crippen LogP contribution < -0.4 is 24.8 Å². The van der Waals surface area contributed by atoms with Crippen LogP contribution in [0.15, 0.2) is 42.6 Å². The highest BCUT2D eigenvalue weighted by Gasteiger charge is 2.63. The van der Waals surface area contributed by atoms with Crippen molar-refractivity contribution in [2.24, 2.45) is 17.8 Å². The van der Waals surface area contributed by atoms with E-state index in [1.165, 1.54) is 4.90 Å². The third-order valence-electron chi connectivity index (χ3n) is 10.8. The highest BCUT2D eigenvalue weighted by molar-refractivity contribution is 7.91. The van der Waals surface area contributed by atoms with Crippen molar-refractivity contribution in [3.63, 3.8) is 0 Å². The molecule has 51 heavy (non-hydrogen) atoms. The van der Waals surface area contributed by atoms with Crippen LogP contribution in [0.4, 0.5) is 4.79 Å². The van der Waals surface area contributed by atoms with Crippen molar-refractivity contribution in [2.45, 2.75) is 101 Å². The Morgan fingerprint density at radius 2 is 1.86 bits per heavy atom. The molecular formula is C36H47N5O9S. The summed E-state index contributed by atoms with van der Waals surface area (Å²) in [7, 11) is -4.00. The minimum absolute atomic E-state index is 0.0138. The lowest BCUT2D eigenvalue weighted by atomic mass is 9.88. The number of benzene rings is 1. The SMILES string of the molecule is CCOc1cnc(O[C@@H]2C[C@H]3C(=O)N[C@]4(C(=O)NS(=O)(=O)C5(C)CC5)C[C@H]4C=CCC[C@@H](C)C[C@@H](C)[C@H](NC(=O)O)C(=O)N3C2)c2ccccc12. The molecule has 2 saturated carbocycles. The van der Waals surface area contributed by atoms with E-state index in [1.807, 2.05) is 57.2 Å². The summed E-state index contributed by atoms with van der Waals surface area (Å²) < 4.78 is 39.5. The quantitative estimate of drug-likeness (QED) is 0.293. The van der Waals surface area contributed by atoms with Gasteiger partial charge >= 0.3 is 6.09 Å². The van der Waals surface area contributed by atoms with Crippen LogP contribution >= 0.6 is 0 Å². The first-order valence-electron chi connectivity index (χ1n) is 17.7. The molecule has 15 heteroatoms. The average Bonchev–Trinajstić information content (AvgIpc) is 3.96. The lowest BCUT2D eigenvalue weighted by Gasteiger charge is -2.32. The number of nitrogens with zero attached hydrogens (tertiary/aromatic N) is 2.